The lowest BCUT2D eigenvalue weighted by molar-refractivity contribution is 0.141. The average Bonchev–Trinajstić information content (AvgIpc) is 3.30. The maximum Gasteiger partial charge on any atom is 0.280 e. The van der Waals surface area contributed by atoms with Crippen molar-refractivity contribution in [2.24, 2.45) is 7.05 Å². The van der Waals surface area contributed by atoms with Crippen LogP contribution in [0.15, 0.2) is 41.2 Å². The van der Waals surface area contributed by atoms with E-state index in [9.17, 15) is 8.78 Å². The fraction of sp³-hybridized carbons (Fsp3) is 0.250. The predicted molar refractivity (Wildman–Crippen MR) is 84.9 cm³/mol. The van der Waals surface area contributed by atoms with Gasteiger partial charge in [-0.1, -0.05) is 17.3 Å². The number of hydrogen-bond donors (Lipinski definition) is 0. The highest BCUT2D eigenvalue weighted by Gasteiger charge is 2.19. The van der Waals surface area contributed by atoms with E-state index in [1.165, 1.54) is 13.1 Å². The van der Waals surface area contributed by atoms with Gasteiger partial charge in [-0.3, -0.25) is 4.68 Å². The summed E-state index contributed by atoms with van der Waals surface area (Å²) in [5.74, 6) is 0.616. The van der Waals surface area contributed by atoms with E-state index in [0.29, 0.717) is 18.8 Å². The van der Waals surface area contributed by atoms with Crippen molar-refractivity contribution >= 4 is 11.0 Å². The second-order valence-electron chi connectivity index (χ2n) is 5.57. The van der Waals surface area contributed by atoms with Crippen LogP contribution < -0.4 is 0 Å². The summed E-state index contributed by atoms with van der Waals surface area (Å²) < 4.78 is 33.9. The van der Waals surface area contributed by atoms with Crippen LogP contribution in [0.5, 0.6) is 0 Å². The molecule has 25 heavy (non-hydrogen) atoms. The lowest BCUT2D eigenvalue weighted by atomic mass is 10.3. The standard InChI is InChI=1S/C16H14F2N6O/c1-23-13(15(17)18)8-11(21-23)16-20-14(22-25-16)6-7-24-9-19-10-4-2-3-5-12(10)24/h2-5,8-9,15H,6-7H2,1H3. The van der Waals surface area contributed by atoms with E-state index in [0.717, 1.165) is 15.7 Å². The molecule has 0 bridgehead atoms. The first-order valence-corrected chi connectivity index (χ1v) is 7.67. The second-order valence-corrected chi connectivity index (χ2v) is 5.57. The van der Waals surface area contributed by atoms with Gasteiger partial charge in [-0.2, -0.15) is 10.1 Å². The summed E-state index contributed by atoms with van der Waals surface area (Å²) in [6.07, 6.45) is -0.319. The maximum absolute atomic E-state index is 12.8. The smallest absolute Gasteiger partial charge is 0.280 e. The normalized spacial score (nSPS) is 11.7. The molecule has 128 valence electrons. The largest absolute Gasteiger partial charge is 0.332 e. The molecule has 0 N–H and O–H groups in total. The first-order valence-electron chi connectivity index (χ1n) is 7.67. The van der Waals surface area contributed by atoms with Crippen molar-refractivity contribution in [2.75, 3.05) is 0 Å². The molecule has 3 heterocycles. The van der Waals surface area contributed by atoms with Gasteiger partial charge in [-0.05, 0) is 18.2 Å². The van der Waals surface area contributed by atoms with Crippen LogP contribution in [-0.2, 0) is 20.0 Å². The Hall–Kier alpha value is -3.10. The van der Waals surface area contributed by atoms with Gasteiger partial charge in [-0.15, -0.1) is 0 Å². The first kappa shape index (κ1) is 15.4. The van der Waals surface area contributed by atoms with Crippen molar-refractivity contribution in [1.82, 2.24) is 29.5 Å². The summed E-state index contributed by atoms with van der Waals surface area (Å²) >= 11 is 0. The van der Waals surface area contributed by atoms with Crippen LogP contribution in [0.1, 0.15) is 17.9 Å². The van der Waals surface area contributed by atoms with Crippen LogP contribution in [0, 0.1) is 0 Å². The first-order chi connectivity index (χ1) is 12.1. The highest BCUT2D eigenvalue weighted by atomic mass is 19.3. The monoisotopic (exact) mass is 344 g/mol. The van der Waals surface area contributed by atoms with Gasteiger partial charge in [0.1, 0.15) is 5.69 Å². The quantitative estimate of drug-likeness (QED) is 0.556. The molecule has 4 rings (SSSR count). The summed E-state index contributed by atoms with van der Waals surface area (Å²) in [6, 6.07) is 9.08. The molecule has 7 nitrogen and oxygen atoms in total. The zero-order valence-corrected chi connectivity index (χ0v) is 13.3. The molecule has 0 aliphatic heterocycles. The Morgan fingerprint density at radius 1 is 1.24 bits per heavy atom. The molecule has 0 unspecified atom stereocenters. The lowest BCUT2D eigenvalue weighted by Crippen LogP contribution is -2.01. The van der Waals surface area contributed by atoms with Crippen LogP contribution >= 0.6 is 0 Å². The maximum atomic E-state index is 12.8. The highest BCUT2D eigenvalue weighted by molar-refractivity contribution is 5.74. The number of rotatable bonds is 5. The van der Waals surface area contributed by atoms with Gasteiger partial charge in [0, 0.05) is 20.0 Å². The third-order valence-corrected chi connectivity index (χ3v) is 3.93. The predicted octanol–water partition coefficient (Wildman–Crippen LogP) is 3.00. The number of alkyl halides is 2. The van der Waals surface area contributed by atoms with Gasteiger partial charge in [-0.25, -0.2) is 13.8 Å². The van der Waals surface area contributed by atoms with Crippen molar-refractivity contribution in [1.29, 1.82) is 0 Å². The molecule has 4 aromatic rings. The van der Waals surface area contributed by atoms with Gasteiger partial charge in [0.2, 0.25) is 0 Å². The SMILES string of the molecule is Cn1nc(-c2nc(CCn3cnc4ccccc43)no2)cc1C(F)F. The Morgan fingerprint density at radius 2 is 2.08 bits per heavy atom. The number of para-hydroxylation sites is 2. The summed E-state index contributed by atoms with van der Waals surface area (Å²) in [4.78, 5) is 8.57. The van der Waals surface area contributed by atoms with E-state index in [2.05, 4.69) is 20.2 Å². The van der Waals surface area contributed by atoms with Gasteiger partial charge in [0.25, 0.3) is 12.3 Å². The van der Waals surface area contributed by atoms with Crippen molar-refractivity contribution < 1.29 is 13.3 Å². The molecule has 0 fully saturated rings. The van der Waals surface area contributed by atoms with Crippen LogP contribution in [0.2, 0.25) is 0 Å². The summed E-state index contributed by atoms with van der Waals surface area (Å²) in [6.45, 7) is 0.629. The van der Waals surface area contributed by atoms with Gasteiger partial charge in [0.15, 0.2) is 11.5 Å². The minimum atomic E-state index is -2.61. The zero-order chi connectivity index (χ0) is 17.4. The molecule has 0 aliphatic rings. The number of halogens is 2. The molecular formula is C16H14F2N6O. The second kappa shape index (κ2) is 6.08. The van der Waals surface area contributed by atoms with E-state index in [1.54, 1.807) is 6.33 Å². The molecule has 0 radical (unpaired) electrons. The van der Waals surface area contributed by atoms with E-state index >= 15 is 0 Å². The van der Waals surface area contributed by atoms with Crippen LogP contribution in [0.25, 0.3) is 22.6 Å². The molecule has 0 saturated heterocycles. The summed E-state index contributed by atoms with van der Waals surface area (Å²) in [7, 11) is 1.45. The highest BCUT2D eigenvalue weighted by Crippen LogP contribution is 2.24. The van der Waals surface area contributed by atoms with Gasteiger partial charge in [0.05, 0.1) is 17.4 Å². The van der Waals surface area contributed by atoms with E-state index < -0.39 is 6.43 Å². The van der Waals surface area contributed by atoms with E-state index in [1.807, 2.05) is 28.8 Å². The Bertz CT molecular complexity index is 1020. The van der Waals surface area contributed by atoms with Crippen LogP contribution in [-0.4, -0.2) is 29.5 Å². The lowest BCUT2D eigenvalue weighted by Gasteiger charge is -2.00. The number of fused-ring (bicyclic) bond motifs is 1. The Labute approximate surface area is 140 Å². The Morgan fingerprint density at radius 3 is 2.88 bits per heavy atom. The number of nitrogens with zero attached hydrogens (tertiary/aromatic N) is 6. The minimum Gasteiger partial charge on any atom is -0.332 e. The van der Waals surface area contributed by atoms with Gasteiger partial charge >= 0.3 is 0 Å². The number of imidazole rings is 1. The third-order valence-electron chi connectivity index (χ3n) is 3.93. The number of benzene rings is 1. The third kappa shape index (κ3) is 2.88. The fourth-order valence-electron chi connectivity index (χ4n) is 2.66. The zero-order valence-electron chi connectivity index (χ0n) is 13.3. The molecule has 0 saturated carbocycles. The molecule has 9 heteroatoms. The van der Waals surface area contributed by atoms with Crippen molar-refractivity contribution in [3.63, 3.8) is 0 Å². The van der Waals surface area contributed by atoms with Crippen LogP contribution in [0.4, 0.5) is 8.78 Å². The van der Waals surface area contributed by atoms with Crippen molar-refractivity contribution in [3.8, 4) is 11.6 Å². The minimum absolute atomic E-state index is 0.132. The topological polar surface area (TPSA) is 74.6 Å². The van der Waals surface area contributed by atoms with Gasteiger partial charge < -0.3 is 9.09 Å². The Balaban J connectivity index is 1.51. The van der Waals surface area contributed by atoms with E-state index in [4.69, 9.17) is 4.52 Å². The average molecular weight is 344 g/mol. The molecule has 3 aromatic heterocycles. The van der Waals surface area contributed by atoms with Crippen molar-refractivity contribution in [3.05, 3.63) is 48.2 Å². The summed E-state index contributed by atoms with van der Waals surface area (Å²) in [5.41, 5.74) is 1.99. The molecule has 0 amide bonds. The van der Waals surface area contributed by atoms with E-state index in [-0.39, 0.29) is 17.3 Å². The molecule has 0 spiro atoms. The fourth-order valence-corrected chi connectivity index (χ4v) is 2.66. The number of hydrogen-bond acceptors (Lipinski definition) is 5. The Kier molecular flexibility index (Phi) is 3.75. The molecule has 0 atom stereocenters. The summed E-state index contributed by atoms with van der Waals surface area (Å²) in [5, 5.41) is 7.89. The molecular weight excluding hydrogens is 330 g/mol. The molecule has 1 aromatic carbocycles. The molecule has 0 aliphatic carbocycles. The number of aromatic nitrogens is 6. The number of aryl methyl sites for hydroxylation is 3. The van der Waals surface area contributed by atoms with Crippen molar-refractivity contribution in [2.45, 2.75) is 19.4 Å². The van der Waals surface area contributed by atoms with Crippen LogP contribution in [0.3, 0.4) is 0 Å².